The molecule has 0 aliphatic heterocycles. The van der Waals surface area contributed by atoms with Crippen LogP contribution in [0.5, 0.6) is 11.5 Å². The number of ether oxygens (including phenoxy) is 2. The molecule has 9 nitrogen and oxygen atoms in total. The van der Waals surface area contributed by atoms with Crippen LogP contribution in [0, 0.1) is 10.1 Å². The molecule has 0 fully saturated rings. The van der Waals surface area contributed by atoms with Crippen molar-refractivity contribution in [1.29, 1.82) is 0 Å². The van der Waals surface area contributed by atoms with Crippen molar-refractivity contribution in [3.8, 4) is 11.5 Å². The Morgan fingerprint density at radius 1 is 1.38 bits per heavy atom. The molecule has 0 radical (unpaired) electrons. The van der Waals surface area contributed by atoms with Crippen LogP contribution in [0.15, 0.2) is 24.3 Å². The average molecular weight is 374 g/mol. The van der Waals surface area contributed by atoms with Gasteiger partial charge in [0.05, 0.1) is 18.1 Å². The third-order valence-corrected chi connectivity index (χ3v) is 3.15. The summed E-state index contributed by atoms with van der Waals surface area (Å²) in [5, 5.41) is 22.4. The topological polar surface area (TPSA) is 128 Å². The Bertz CT molecular complexity index is 722. The number of methoxy groups -OCH3 is 1. The molecule has 2 N–H and O–H groups in total. The number of carboxylic acid groups (broad SMARTS) is 1. The Morgan fingerprint density at radius 3 is 2.50 bits per heavy atom. The molecule has 1 amide bonds. The van der Waals surface area contributed by atoms with Gasteiger partial charge in [0.25, 0.3) is 11.6 Å². The van der Waals surface area contributed by atoms with Gasteiger partial charge in [-0.2, -0.15) is 8.78 Å². The molecule has 0 bridgehead atoms. The number of allylic oxidation sites excluding steroid dienone is 1. The standard InChI is InChI=1S/C15H16F2N2O7/c1-3-4-5-9(14(21)22)18-13(20)8-6-11(25-2)12(26-15(16)17)7-10(8)19(23)24/h3-4,6-7,9,15H,5H2,1-2H3,(H,18,20)(H,21,22)/b4-3+. The lowest BCUT2D eigenvalue weighted by atomic mass is 10.1. The molecule has 0 aliphatic carbocycles. The van der Waals surface area contributed by atoms with E-state index in [9.17, 15) is 28.5 Å². The number of nitrogens with zero attached hydrogens (tertiary/aromatic N) is 1. The summed E-state index contributed by atoms with van der Waals surface area (Å²) in [5.74, 6) is -3.39. The van der Waals surface area contributed by atoms with Gasteiger partial charge in [-0.15, -0.1) is 0 Å². The molecule has 1 aromatic carbocycles. The van der Waals surface area contributed by atoms with Crippen LogP contribution in [0.2, 0.25) is 0 Å². The fraction of sp³-hybridized carbons (Fsp3) is 0.333. The van der Waals surface area contributed by atoms with Gasteiger partial charge < -0.3 is 19.9 Å². The quantitative estimate of drug-likeness (QED) is 0.386. The number of hydrogen-bond acceptors (Lipinski definition) is 6. The summed E-state index contributed by atoms with van der Waals surface area (Å²) < 4.78 is 33.8. The maximum atomic E-state index is 12.4. The zero-order valence-corrected chi connectivity index (χ0v) is 13.8. The monoisotopic (exact) mass is 374 g/mol. The van der Waals surface area contributed by atoms with Gasteiger partial charge in [-0.25, -0.2) is 4.79 Å². The second-order valence-electron chi connectivity index (χ2n) is 4.82. The highest BCUT2D eigenvalue weighted by Crippen LogP contribution is 2.35. The van der Waals surface area contributed by atoms with Crippen LogP contribution in [-0.2, 0) is 4.79 Å². The van der Waals surface area contributed by atoms with Crippen LogP contribution in [0.3, 0.4) is 0 Å². The van der Waals surface area contributed by atoms with Gasteiger partial charge in [0.2, 0.25) is 0 Å². The van der Waals surface area contributed by atoms with E-state index in [0.29, 0.717) is 6.07 Å². The van der Waals surface area contributed by atoms with Gasteiger partial charge in [-0.1, -0.05) is 12.2 Å². The van der Waals surface area contributed by atoms with Gasteiger partial charge in [-0.05, 0) is 13.3 Å². The van der Waals surface area contributed by atoms with Gasteiger partial charge in [0.1, 0.15) is 11.6 Å². The molecule has 0 spiro atoms. The van der Waals surface area contributed by atoms with Crippen molar-refractivity contribution in [2.75, 3.05) is 7.11 Å². The van der Waals surface area contributed by atoms with Crippen molar-refractivity contribution in [3.63, 3.8) is 0 Å². The highest BCUT2D eigenvalue weighted by atomic mass is 19.3. The van der Waals surface area contributed by atoms with Crippen LogP contribution < -0.4 is 14.8 Å². The molecule has 142 valence electrons. The number of hydrogen-bond donors (Lipinski definition) is 2. The number of amides is 1. The number of nitro benzene ring substituents is 1. The summed E-state index contributed by atoms with van der Waals surface area (Å²) >= 11 is 0. The Balaban J connectivity index is 3.29. The first-order valence-electron chi connectivity index (χ1n) is 7.17. The van der Waals surface area contributed by atoms with E-state index in [1.165, 1.54) is 6.08 Å². The van der Waals surface area contributed by atoms with Crippen LogP contribution in [-0.4, -0.2) is 41.7 Å². The van der Waals surface area contributed by atoms with Crippen molar-refractivity contribution in [1.82, 2.24) is 5.32 Å². The molecule has 0 aromatic heterocycles. The molecule has 0 saturated heterocycles. The van der Waals surface area contributed by atoms with E-state index in [0.717, 1.165) is 13.2 Å². The summed E-state index contributed by atoms with van der Waals surface area (Å²) in [7, 11) is 1.09. The van der Waals surface area contributed by atoms with Crippen LogP contribution in [0.4, 0.5) is 14.5 Å². The molecule has 1 atom stereocenters. The number of carbonyl (C=O) groups excluding carboxylic acids is 1. The first-order valence-corrected chi connectivity index (χ1v) is 7.17. The van der Waals surface area contributed by atoms with Crippen molar-refractivity contribution in [2.45, 2.75) is 26.0 Å². The van der Waals surface area contributed by atoms with E-state index < -0.39 is 46.5 Å². The van der Waals surface area contributed by atoms with Crippen molar-refractivity contribution >= 4 is 17.6 Å². The summed E-state index contributed by atoms with van der Waals surface area (Å²) in [5.41, 5.74) is -1.39. The Labute approximate surface area is 146 Å². The summed E-state index contributed by atoms with van der Waals surface area (Å²) in [6.07, 6.45) is 3.02. The molecular formula is C15H16F2N2O7. The molecule has 11 heteroatoms. The highest BCUT2D eigenvalue weighted by molar-refractivity contribution is 6.00. The molecular weight excluding hydrogens is 358 g/mol. The largest absolute Gasteiger partial charge is 0.493 e. The summed E-state index contributed by atoms with van der Waals surface area (Å²) in [4.78, 5) is 33.7. The molecule has 1 aromatic rings. The predicted octanol–water partition coefficient (Wildman–Crippen LogP) is 2.35. The van der Waals surface area contributed by atoms with Gasteiger partial charge in [-0.3, -0.25) is 14.9 Å². The Morgan fingerprint density at radius 2 is 2.04 bits per heavy atom. The molecule has 1 rings (SSSR count). The maximum Gasteiger partial charge on any atom is 0.387 e. The van der Waals surface area contributed by atoms with Crippen LogP contribution in [0.1, 0.15) is 23.7 Å². The Kier molecular flexibility index (Phi) is 7.44. The van der Waals surface area contributed by atoms with Crippen molar-refractivity contribution < 1.29 is 37.9 Å². The second kappa shape index (κ2) is 9.30. The molecule has 1 unspecified atom stereocenters. The van der Waals surface area contributed by atoms with Gasteiger partial charge >= 0.3 is 12.6 Å². The molecule has 0 aliphatic rings. The SMILES string of the molecule is C/C=C/CC(NC(=O)c1cc(OC)c(OC(F)F)cc1[N+](=O)[O-])C(=O)O. The first kappa shape index (κ1) is 20.8. The number of alkyl halides is 2. The third-order valence-electron chi connectivity index (χ3n) is 3.15. The lowest BCUT2D eigenvalue weighted by Gasteiger charge is -2.15. The molecule has 26 heavy (non-hydrogen) atoms. The highest BCUT2D eigenvalue weighted by Gasteiger charge is 2.28. The van der Waals surface area contributed by atoms with Crippen LogP contribution in [0.25, 0.3) is 0 Å². The third kappa shape index (κ3) is 5.40. The van der Waals surface area contributed by atoms with E-state index in [1.807, 2.05) is 0 Å². The number of carboxylic acids is 1. The lowest BCUT2D eigenvalue weighted by Crippen LogP contribution is -2.40. The van der Waals surface area contributed by atoms with E-state index in [2.05, 4.69) is 10.1 Å². The fourth-order valence-electron chi connectivity index (χ4n) is 1.96. The fourth-order valence-corrected chi connectivity index (χ4v) is 1.96. The number of aliphatic carboxylic acids is 1. The lowest BCUT2D eigenvalue weighted by molar-refractivity contribution is -0.385. The van der Waals surface area contributed by atoms with E-state index in [4.69, 9.17) is 9.84 Å². The minimum absolute atomic E-state index is 0.0465. The summed E-state index contributed by atoms with van der Waals surface area (Å²) in [6.45, 7) is -1.61. The number of halogens is 2. The average Bonchev–Trinajstić information content (AvgIpc) is 2.57. The van der Waals surface area contributed by atoms with Crippen LogP contribution >= 0.6 is 0 Å². The van der Waals surface area contributed by atoms with E-state index in [1.54, 1.807) is 13.0 Å². The van der Waals surface area contributed by atoms with Crippen molar-refractivity contribution in [2.24, 2.45) is 0 Å². The molecule has 0 heterocycles. The minimum atomic E-state index is -3.26. The van der Waals surface area contributed by atoms with Crippen molar-refractivity contribution in [3.05, 3.63) is 40.0 Å². The van der Waals surface area contributed by atoms with Gasteiger partial charge in [0.15, 0.2) is 11.5 Å². The second-order valence-corrected chi connectivity index (χ2v) is 4.82. The number of nitro groups is 1. The van der Waals surface area contributed by atoms with E-state index >= 15 is 0 Å². The first-order chi connectivity index (χ1) is 12.2. The Hall–Kier alpha value is -3.24. The number of nitrogens with one attached hydrogen (secondary N) is 1. The summed E-state index contributed by atoms with van der Waals surface area (Å²) in [6, 6.07) is 0.114. The number of rotatable bonds is 9. The van der Waals surface area contributed by atoms with E-state index in [-0.39, 0.29) is 12.2 Å². The maximum absolute atomic E-state index is 12.4. The normalized spacial score (nSPS) is 12.0. The minimum Gasteiger partial charge on any atom is -0.493 e. The zero-order chi connectivity index (χ0) is 19.9. The molecule has 0 saturated carbocycles. The predicted molar refractivity (Wildman–Crippen MR) is 84.6 cm³/mol. The number of benzene rings is 1. The smallest absolute Gasteiger partial charge is 0.387 e. The van der Waals surface area contributed by atoms with Gasteiger partial charge in [0, 0.05) is 6.07 Å². The zero-order valence-electron chi connectivity index (χ0n) is 13.8. The number of carbonyl (C=O) groups is 2.